The summed E-state index contributed by atoms with van der Waals surface area (Å²) < 4.78 is 24.4. The fraction of sp³-hybridized carbons (Fsp3) is 0.348. The first kappa shape index (κ1) is 20.6. The van der Waals surface area contributed by atoms with Crippen LogP contribution in [0.4, 0.5) is 4.39 Å². The van der Waals surface area contributed by atoms with Crippen LogP contribution in [-0.2, 0) is 25.6 Å². The summed E-state index contributed by atoms with van der Waals surface area (Å²) in [5.41, 5.74) is 2.92. The highest BCUT2D eigenvalue weighted by molar-refractivity contribution is 6.01. The van der Waals surface area contributed by atoms with E-state index in [1.807, 2.05) is 6.07 Å². The van der Waals surface area contributed by atoms with E-state index in [0.717, 1.165) is 16.7 Å². The van der Waals surface area contributed by atoms with E-state index < -0.39 is 23.7 Å². The lowest BCUT2D eigenvalue weighted by Crippen LogP contribution is -2.46. The standard InChI is InChI=1S/C23H21FN2O6/c24-17-4-1-14(2-5-17)15-3-6-18-16(9-15)11-25(21(18)28)12-20(27)26-13-23(31-7-8-32-23)10-19(26)22(29)30/h1-6,9,19H,7-8,10-13H2,(H,29,30)/t19-/m0/s1. The minimum absolute atomic E-state index is 0.0203. The van der Waals surface area contributed by atoms with Crippen LogP contribution in [0.15, 0.2) is 42.5 Å². The van der Waals surface area contributed by atoms with Gasteiger partial charge in [0.25, 0.3) is 5.91 Å². The van der Waals surface area contributed by atoms with Crippen molar-refractivity contribution < 1.29 is 33.4 Å². The molecule has 0 radical (unpaired) electrons. The minimum atomic E-state index is -1.13. The van der Waals surface area contributed by atoms with Gasteiger partial charge in [-0.15, -0.1) is 0 Å². The van der Waals surface area contributed by atoms with E-state index in [1.165, 1.54) is 21.9 Å². The Morgan fingerprint density at radius 2 is 1.78 bits per heavy atom. The predicted molar refractivity (Wildman–Crippen MR) is 109 cm³/mol. The van der Waals surface area contributed by atoms with Gasteiger partial charge in [-0.2, -0.15) is 0 Å². The molecule has 2 aromatic rings. The van der Waals surface area contributed by atoms with Crippen molar-refractivity contribution in [2.45, 2.75) is 24.8 Å². The molecule has 1 N–H and O–H groups in total. The van der Waals surface area contributed by atoms with Crippen LogP contribution in [0.5, 0.6) is 0 Å². The normalized spacial score (nSPS) is 21.4. The van der Waals surface area contributed by atoms with Gasteiger partial charge in [-0.05, 0) is 41.0 Å². The number of hydrogen-bond donors (Lipinski definition) is 1. The summed E-state index contributed by atoms with van der Waals surface area (Å²) in [6.45, 7) is 0.722. The van der Waals surface area contributed by atoms with E-state index in [-0.39, 0.29) is 37.8 Å². The molecule has 0 saturated carbocycles. The van der Waals surface area contributed by atoms with E-state index >= 15 is 0 Å². The largest absolute Gasteiger partial charge is 0.480 e. The Hall–Kier alpha value is -3.30. The van der Waals surface area contributed by atoms with E-state index in [4.69, 9.17) is 9.47 Å². The molecule has 2 aromatic carbocycles. The molecule has 5 rings (SSSR count). The van der Waals surface area contributed by atoms with Crippen LogP contribution in [0.1, 0.15) is 22.3 Å². The molecule has 2 saturated heterocycles. The highest BCUT2D eigenvalue weighted by Crippen LogP contribution is 2.35. The number of nitrogens with zero attached hydrogens (tertiary/aromatic N) is 2. The molecule has 1 spiro atoms. The van der Waals surface area contributed by atoms with Crippen molar-refractivity contribution in [3.63, 3.8) is 0 Å². The van der Waals surface area contributed by atoms with Crippen molar-refractivity contribution >= 4 is 17.8 Å². The lowest BCUT2D eigenvalue weighted by Gasteiger charge is -2.25. The van der Waals surface area contributed by atoms with E-state index in [1.54, 1.807) is 24.3 Å². The number of ether oxygens (including phenoxy) is 2. The van der Waals surface area contributed by atoms with Gasteiger partial charge in [-0.1, -0.05) is 18.2 Å². The highest BCUT2D eigenvalue weighted by atomic mass is 19.1. The second-order valence-corrected chi connectivity index (χ2v) is 8.23. The molecule has 2 fully saturated rings. The van der Waals surface area contributed by atoms with Gasteiger partial charge in [-0.25, -0.2) is 9.18 Å². The second kappa shape index (κ2) is 7.68. The monoisotopic (exact) mass is 440 g/mol. The summed E-state index contributed by atoms with van der Waals surface area (Å²) in [5.74, 6) is -3.29. The molecular weight excluding hydrogens is 419 g/mol. The third kappa shape index (κ3) is 3.53. The summed E-state index contributed by atoms with van der Waals surface area (Å²) in [5, 5.41) is 9.58. The zero-order valence-corrected chi connectivity index (χ0v) is 17.1. The summed E-state index contributed by atoms with van der Waals surface area (Å²) in [6, 6.07) is 10.4. The van der Waals surface area contributed by atoms with Gasteiger partial charge >= 0.3 is 5.97 Å². The maximum absolute atomic E-state index is 13.2. The van der Waals surface area contributed by atoms with Gasteiger partial charge in [0, 0.05) is 18.5 Å². The molecule has 0 aliphatic carbocycles. The topological polar surface area (TPSA) is 96.4 Å². The zero-order valence-electron chi connectivity index (χ0n) is 17.1. The van der Waals surface area contributed by atoms with Crippen molar-refractivity contribution in [2.75, 3.05) is 26.3 Å². The molecule has 0 aromatic heterocycles. The van der Waals surface area contributed by atoms with E-state index in [2.05, 4.69) is 0 Å². The number of carboxylic acids is 1. The van der Waals surface area contributed by atoms with Gasteiger partial charge in [0.1, 0.15) is 18.4 Å². The maximum atomic E-state index is 13.2. The fourth-order valence-corrected chi connectivity index (χ4v) is 4.61. The third-order valence-electron chi connectivity index (χ3n) is 6.20. The van der Waals surface area contributed by atoms with Crippen LogP contribution in [0.2, 0.25) is 0 Å². The van der Waals surface area contributed by atoms with Crippen LogP contribution >= 0.6 is 0 Å². The lowest BCUT2D eigenvalue weighted by atomic mass is 10.0. The molecule has 0 bridgehead atoms. The van der Waals surface area contributed by atoms with Gasteiger partial charge < -0.3 is 24.4 Å². The van der Waals surface area contributed by atoms with Crippen molar-refractivity contribution in [1.29, 1.82) is 0 Å². The Labute approximate surface area is 183 Å². The fourth-order valence-electron chi connectivity index (χ4n) is 4.61. The SMILES string of the molecule is O=C(O)[C@@H]1CC2(CN1C(=O)CN1Cc3cc(-c4ccc(F)cc4)ccc3C1=O)OCCO2. The smallest absolute Gasteiger partial charge is 0.326 e. The zero-order chi connectivity index (χ0) is 22.5. The predicted octanol–water partition coefficient (Wildman–Crippen LogP) is 1.88. The molecule has 32 heavy (non-hydrogen) atoms. The molecule has 3 aliphatic rings. The third-order valence-corrected chi connectivity index (χ3v) is 6.20. The number of carbonyl (C=O) groups excluding carboxylic acids is 2. The van der Waals surface area contributed by atoms with Crippen molar-refractivity contribution in [3.8, 4) is 11.1 Å². The first-order valence-electron chi connectivity index (χ1n) is 10.3. The number of fused-ring (bicyclic) bond motifs is 1. The van der Waals surface area contributed by atoms with Crippen LogP contribution in [-0.4, -0.2) is 70.8 Å². The first-order valence-corrected chi connectivity index (χ1v) is 10.3. The highest BCUT2D eigenvalue weighted by Gasteiger charge is 2.53. The van der Waals surface area contributed by atoms with Crippen molar-refractivity contribution in [1.82, 2.24) is 9.80 Å². The number of amides is 2. The Morgan fingerprint density at radius 3 is 2.47 bits per heavy atom. The minimum Gasteiger partial charge on any atom is -0.480 e. The average Bonchev–Trinajstić information content (AvgIpc) is 3.47. The van der Waals surface area contributed by atoms with E-state index in [0.29, 0.717) is 18.8 Å². The number of aliphatic carboxylic acids is 1. The quantitative estimate of drug-likeness (QED) is 0.780. The molecule has 9 heteroatoms. The van der Waals surface area contributed by atoms with Gasteiger partial charge in [0.2, 0.25) is 5.91 Å². The first-order chi connectivity index (χ1) is 15.3. The number of likely N-dealkylation sites (tertiary alicyclic amines) is 1. The molecular formula is C23H21FN2O6. The Kier molecular flexibility index (Phi) is 4.94. The number of carboxylic acid groups (broad SMARTS) is 1. The number of carbonyl (C=O) groups is 3. The van der Waals surface area contributed by atoms with Crippen LogP contribution in [0, 0.1) is 5.82 Å². The van der Waals surface area contributed by atoms with Gasteiger partial charge in [0.15, 0.2) is 5.79 Å². The molecule has 2 amide bonds. The Balaban J connectivity index is 1.32. The van der Waals surface area contributed by atoms with E-state index in [9.17, 15) is 23.9 Å². The molecule has 3 heterocycles. The van der Waals surface area contributed by atoms with Crippen molar-refractivity contribution in [2.24, 2.45) is 0 Å². The maximum Gasteiger partial charge on any atom is 0.326 e. The average molecular weight is 440 g/mol. The molecule has 166 valence electrons. The molecule has 3 aliphatic heterocycles. The number of rotatable bonds is 4. The van der Waals surface area contributed by atoms with Crippen LogP contribution in [0.3, 0.4) is 0 Å². The molecule has 0 unspecified atom stereocenters. The van der Waals surface area contributed by atoms with Crippen LogP contribution < -0.4 is 0 Å². The number of halogens is 1. The Bertz CT molecular complexity index is 1100. The summed E-state index contributed by atoms with van der Waals surface area (Å²) in [7, 11) is 0. The van der Waals surface area contributed by atoms with Gasteiger partial charge in [-0.3, -0.25) is 9.59 Å². The number of hydrogen-bond acceptors (Lipinski definition) is 5. The van der Waals surface area contributed by atoms with Gasteiger partial charge in [0.05, 0.1) is 19.8 Å². The molecule has 8 nitrogen and oxygen atoms in total. The van der Waals surface area contributed by atoms with Crippen LogP contribution in [0.25, 0.3) is 11.1 Å². The summed E-state index contributed by atoms with van der Waals surface area (Å²) in [4.78, 5) is 40.2. The number of benzene rings is 2. The van der Waals surface area contributed by atoms with Crippen molar-refractivity contribution in [3.05, 3.63) is 59.4 Å². The molecule has 1 atom stereocenters. The Morgan fingerprint density at radius 1 is 1.09 bits per heavy atom. The lowest BCUT2D eigenvalue weighted by molar-refractivity contribution is -0.152. The summed E-state index contributed by atoms with van der Waals surface area (Å²) >= 11 is 0. The summed E-state index contributed by atoms with van der Waals surface area (Å²) in [6.07, 6.45) is 0.0588. The second-order valence-electron chi connectivity index (χ2n) is 8.23.